The van der Waals surface area contributed by atoms with Gasteiger partial charge in [-0.3, -0.25) is 14.7 Å². The molecule has 44 heavy (non-hydrogen) atoms. The number of likely N-dealkylation sites (N-methyl/N-ethyl adjacent to an activating group) is 1. The fourth-order valence-electron chi connectivity index (χ4n) is 5.61. The first-order valence-electron chi connectivity index (χ1n) is 15.4. The molecular weight excluding hydrogens is 548 g/mol. The van der Waals surface area contributed by atoms with Crippen LogP contribution in [0.5, 0.6) is 0 Å². The first kappa shape index (κ1) is 29.4. The number of hydrogen-bond acceptors (Lipinski definition) is 9. The lowest BCUT2D eigenvalue weighted by Gasteiger charge is -2.32. The Kier molecular flexibility index (Phi) is 9.51. The molecule has 4 heterocycles. The standard InChI is InChI=1S/C35H38N8O/c1-42-17-19-43(20-18-42)24-28-10-14-33(37-22-28)32-23-38-35(41-34(32)39-29-5-3-2-4-6-29)40-30-11-7-26(8-12-30)9-13-31-21-27(25-44)15-16-36-31/h7-8,10-12,14-16,21-23,25,29H,2-6,17-20,24H2,1H3,(H2,38,39,40,41). The summed E-state index contributed by atoms with van der Waals surface area (Å²) in [5.74, 6) is 7.45. The van der Waals surface area contributed by atoms with Crippen molar-refractivity contribution >= 4 is 23.7 Å². The molecule has 1 saturated carbocycles. The Balaban J connectivity index is 1.17. The molecule has 1 saturated heterocycles. The van der Waals surface area contributed by atoms with Crippen molar-refractivity contribution in [2.45, 2.75) is 44.7 Å². The third kappa shape index (κ3) is 7.84. The van der Waals surface area contributed by atoms with E-state index in [1.807, 2.05) is 36.7 Å². The fourth-order valence-corrected chi connectivity index (χ4v) is 5.61. The highest BCUT2D eigenvalue weighted by Gasteiger charge is 2.19. The van der Waals surface area contributed by atoms with Crippen LogP contribution in [0, 0.1) is 11.8 Å². The normalized spacial score (nSPS) is 16.1. The van der Waals surface area contributed by atoms with Gasteiger partial charge in [0.2, 0.25) is 5.95 Å². The van der Waals surface area contributed by atoms with Gasteiger partial charge in [0, 0.05) is 74.2 Å². The first-order valence-corrected chi connectivity index (χ1v) is 15.4. The van der Waals surface area contributed by atoms with E-state index in [1.54, 1.807) is 18.3 Å². The maximum absolute atomic E-state index is 11.0. The number of hydrogen-bond donors (Lipinski definition) is 2. The second-order valence-corrected chi connectivity index (χ2v) is 11.6. The number of carbonyl (C=O) groups excluding carboxylic acids is 1. The summed E-state index contributed by atoms with van der Waals surface area (Å²) in [5, 5.41) is 7.06. The molecule has 1 aliphatic carbocycles. The lowest BCUT2D eigenvalue weighted by atomic mass is 9.95. The average molecular weight is 587 g/mol. The lowest BCUT2D eigenvalue weighted by Crippen LogP contribution is -2.43. The monoisotopic (exact) mass is 586 g/mol. The van der Waals surface area contributed by atoms with Crippen molar-refractivity contribution in [2.24, 2.45) is 0 Å². The molecule has 1 aliphatic heterocycles. The molecule has 9 heteroatoms. The van der Waals surface area contributed by atoms with Crippen molar-refractivity contribution in [3.05, 3.63) is 89.5 Å². The van der Waals surface area contributed by atoms with Crippen LogP contribution in [-0.4, -0.2) is 75.3 Å². The Morgan fingerprint density at radius 1 is 0.909 bits per heavy atom. The first-order chi connectivity index (χ1) is 21.6. The number of aldehydes is 1. The van der Waals surface area contributed by atoms with E-state index in [2.05, 4.69) is 61.4 Å². The van der Waals surface area contributed by atoms with E-state index < -0.39 is 0 Å². The molecule has 9 nitrogen and oxygen atoms in total. The predicted molar refractivity (Wildman–Crippen MR) is 174 cm³/mol. The van der Waals surface area contributed by atoms with Crippen LogP contribution in [0.3, 0.4) is 0 Å². The molecule has 2 N–H and O–H groups in total. The maximum Gasteiger partial charge on any atom is 0.229 e. The fraction of sp³-hybridized carbons (Fsp3) is 0.343. The van der Waals surface area contributed by atoms with E-state index in [1.165, 1.54) is 24.8 Å². The van der Waals surface area contributed by atoms with E-state index >= 15 is 0 Å². The van der Waals surface area contributed by atoms with Gasteiger partial charge < -0.3 is 15.5 Å². The summed E-state index contributed by atoms with van der Waals surface area (Å²) in [6.07, 6.45) is 12.3. The van der Waals surface area contributed by atoms with Gasteiger partial charge >= 0.3 is 0 Å². The van der Waals surface area contributed by atoms with Crippen LogP contribution in [0.1, 0.15) is 59.3 Å². The summed E-state index contributed by atoms with van der Waals surface area (Å²) in [6, 6.07) is 15.8. The Morgan fingerprint density at radius 3 is 2.48 bits per heavy atom. The molecule has 1 aromatic carbocycles. The minimum absolute atomic E-state index is 0.390. The zero-order chi connectivity index (χ0) is 30.1. The SMILES string of the molecule is CN1CCN(Cc2ccc(-c3cnc(Nc4ccc(C#Cc5cc(C=O)ccn5)cc4)nc3NC3CCCCC3)nc2)CC1. The van der Waals surface area contributed by atoms with Crippen molar-refractivity contribution in [3.63, 3.8) is 0 Å². The number of pyridine rings is 2. The van der Waals surface area contributed by atoms with Gasteiger partial charge in [0.1, 0.15) is 17.8 Å². The summed E-state index contributed by atoms with van der Waals surface area (Å²) < 4.78 is 0. The van der Waals surface area contributed by atoms with Gasteiger partial charge in [-0.15, -0.1) is 0 Å². The summed E-state index contributed by atoms with van der Waals surface area (Å²) in [7, 11) is 2.18. The summed E-state index contributed by atoms with van der Waals surface area (Å²) >= 11 is 0. The number of piperazine rings is 1. The molecule has 0 spiro atoms. The molecule has 0 bridgehead atoms. The Bertz CT molecular complexity index is 1610. The van der Waals surface area contributed by atoms with Gasteiger partial charge in [-0.1, -0.05) is 31.2 Å². The van der Waals surface area contributed by atoms with Gasteiger partial charge in [-0.25, -0.2) is 9.97 Å². The molecule has 0 unspecified atom stereocenters. The van der Waals surface area contributed by atoms with Crippen molar-refractivity contribution in [3.8, 4) is 23.1 Å². The number of nitrogens with zero attached hydrogens (tertiary/aromatic N) is 6. The average Bonchev–Trinajstić information content (AvgIpc) is 3.07. The number of rotatable bonds is 8. The maximum atomic E-state index is 11.0. The van der Waals surface area contributed by atoms with E-state index in [0.717, 1.165) is 80.2 Å². The van der Waals surface area contributed by atoms with Crippen molar-refractivity contribution < 1.29 is 4.79 Å². The van der Waals surface area contributed by atoms with Gasteiger partial charge in [0.15, 0.2) is 0 Å². The highest BCUT2D eigenvalue weighted by Crippen LogP contribution is 2.29. The van der Waals surface area contributed by atoms with Gasteiger partial charge in [-0.2, -0.15) is 4.98 Å². The van der Waals surface area contributed by atoms with Crippen LogP contribution in [0.4, 0.5) is 17.5 Å². The molecule has 2 aliphatic rings. The zero-order valence-corrected chi connectivity index (χ0v) is 25.2. The molecular formula is C35H38N8O. The third-order valence-electron chi connectivity index (χ3n) is 8.23. The summed E-state index contributed by atoms with van der Waals surface area (Å²) in [5.41, 5.74) is 5.81. The molecule has 3 aromatic heterocycles. The highest BCUT2D eigenvalue weighted by molar-refractivity contribution is 5.75. The van der Waals surface area contributed by atoms with Gasteiger partial charge in [0.05, 0.1) is 11.3 Å². The van der Waals surface area contributed by atoms with Crippen molar-refractivity contribution in [1.29, 1.82) is 0 Å². The number of nitrogens with one attached hydrogen (secondary N) is 2. The van der Waals surface area contributed by atoms with Crippen LogP contribution in [0.25, 0.3) is 11.3 Å². The Morgan fingerprint density at radius 2 is 1.73 bits per heavy atom. The quantitative estimate of drug-likeness (QED) is 0.208. The van der Waals surface area contributed by atoms with E-state index in [0.29, 0.717) is 23.2 Å². The number of aromatic nitrogens is 4. The van der Waals surface area contributed by atoms with E-state index in [9.17, 15) is 4.79 Å². The zero-order valence-electron chi connectivity index (χ0n) is 25.2. The molecule has 4 aromatic rings. The lowest BCUT2D eigenvalue weighted by molar-refractivity contribution is 0.112. The van der Waals surface area contributed by atoms with Crippen molar-refractivity contribution in [2.75, 3.05) is 43.9 Å². The number of benzene rings is 1. The van der Waals surface area contributed by atoms with Crippen LogP contribution >= 0.6 is 0 Å². The second-order valence-electron chi connectivity index (χ2n) is 11.6. The Labute approximate surface area is 259 Å². The molecule has 0 radical (unpaired) electrons. The van der Waals surface area contributed by atoms with Crippen molar-refractivity contribution in [1.82, 2.24) is 29.7 Å². The van der Waals surface area contributed by atoms with Crippen LogP contribution in [0.15, 0.2) is 67.1 Å². The van der Waals surface area contributed by atoms with Gasteiger partial charge in [-0.05, 0) is 73.8 Å². The largest absolute Gasteiger partial charge is 0.367 e. The topological polar surface area (TPSA) is 99.2 Å². The van der Waals surface area contributed by atoms with E-state index in [4.69, 9.17) is 9.97 Å². The molecule has 224 valence electrons. The molecule has 2 fully saturated rings. The van der Waals surface area contributed by atoms with Crippen LogP contribution < -0.4 is 10.6 Å². The molecule has 6 rings (SSSR count). The van der Waals surface area contributed by atoms with E-state index in [-0.39, 0.29) is 0 Å². The predicted octanol–water partition coefficient (Wildman–Crippen LogP) is 5.38. The minimum Gasteiger partial charge on any atom is -0.367 e. The third-order valence-corrected chi connectivity index (χ3v) is 8.23. The summed E-state index contributed by atoms with van der Waals surface area (Å²) in [4.78, 5) is 34.5. The summed E-state index contributed by atoms with van der Waals surface area (Å²) in [6.45, 7) is 5.30. The highest BCUT2D eigenvalue weighted by atomic mass is 16.1. The smallest absolute Gasteiger partial charge is 0.229 e. The number of anilines is 3. The van der Waals surface area contributed by atoms with Crippen LogP contribution in [-0.2, 0) is 6.54 Å². The van der Waals surface area contributed by atoms with Gasteiger partial charge in [0.25, 0.3) is 0 Å². The second kappa shape index (κ2) is 14.2. The van der Waals surface area contributed by atoms with Crippen LogP contribution in [0.2, 0.25) is 0 Å². The number of carbonyl (C=O) groups is 1. The molecule has 0 atom stereocenters. The Hall–Kier alpha value is -4.65. The minimum atomic E-state index is 0.390. The molecule has 0 amide bonds.